The van der Waals surface area contributed by atoms with Gasteiger partial charge in [-0.25, -0.2) is 0 Å². The average Bonchev–Trinajstić information content (AvgIpc) is 2.67. The van der Waals surface area contributed by atoms with Gasteiger partial charge in [-0.1, -0.05) is 24.3 Å². The lowest BCUT2D eigenvalue weighted by molar-refractivity contribution is -0.384. The van der Waals surface area contributed by atoms with Crippen molar-refractivity contribution in [1.82, 2.24) is 0 Å². The van der Waals surface area contributed by atoms with E-state index in [0.29, 0.717) is 0 Å². The number of nitrogens with zero attached hydrogens (tertiary/aromatic N) is 2. The molecule has 28 heavy (non-hydrogen) atoms. The quantitative estimate of drug-likeness (QED) is 0.377. The molecular formula is C17H16N4O7. The predicted octanol–water partition coefficient (Wildman–Crippen LogP) is 2.49. The number of para-hydroxylation sites is 4. The molecule has 0 aromatic heterocycles. The largest absolute Gasteiger partial charge is 0.456 e. The highest BCUT2D eigenvalue weighted by atomic mass is 16.6. The van der Waals surface area contributed by atoms with E-state index >= 15 is 0 Å². The number of esters is 1. The zero-order valence-corrected chi connectivity index (χ0v) is 14.5. The molecule has 0 saturated heterocycles. The number of hydrogen-bond donors (Lipinski definition) is 2. The van der Waals surface area contributed by atoms with Gasteiger partial charge in [0.25, 0.3) is 17.3 Å². The van der Waals surface area contributed by atoms with Gasteiger partial charge in [-0.3, -0.25) is 29.8 Å². The Morgan fingerprint density at radius 1 is 0.893 bits per heavy atom. The minimum atomic E-state index is -0.727. The minimum absolute atomic E-state index is 0.00778. The SMILES string of the molecule is O=C(COC(=O)CCNc1ccccc1[N+](=O)[O-])Nc1ccccc1[N+](=O)[O-]. The van der Waals surface area contributed by atoms with Gasteiger partial charge < -0.3 is 15.4 Å². The van der Waals surface area contributed by atoms with E-state index in [2.05, 4.69) is 10.6 Å². The van der Waals surface area contributed by atoms with E-state index < -0.39 is 28.3 Å². The molecular weight excluding hydrogens is 372 g/mol. The number of carbonyl (C=O) groups is 2. The van der Waals surface area contributed by atoms with E-state index in [-0.39, 0.29) is 35.7 Å². The Hall–Kier alpha value is -4.02. The molecule has 0 unspecified atom stereocenters. The highest BCUT2D eigenvalue weighted by Crippen LogP contribution is 2.23. The number of nitrogens with one attached hydrogen (secondary N) is 2. The summed E-state index contributed by atoms with van der Waals surface area (Å²) in [5, 5.41) is 26.8. The fourth-order valence-corrected chi connectivity index (χ4v) is 2.22. The summed E-state index contributed by atoms with van der Waals surface area (Å²) in [5.74, 6) is -1.43. The summed E-state index contributed by atoms with van der Waals surface area (Å²) in [4.78, 5) is 44.1. The van der Waals surface area contributed by atoms with Crippen LogP contribution in [0.2, 0.25) is 0 Å². The second-order valence-corrected chi connectivity index (χ2v) is 5.43. The number of hydrogen-bond acceptors (Lipinski definition) is 8. The molecule has 0 saturated carbocycles. The number of carbonyl (C=O) groups excluding carboxylic acids is 2. The van der Waals surface area contributed by atoms with E-state index in [1.54, 1.807) is 6.07 Å². The van der Waals surface area contributed by atoms with Crippen molar-refractivity contribution in [3.8, 4) is 0 Å². The standard InChI is InChI=1S/C17H16N4O7/c22-16(19-13-6-2-4-8-15(13)21(26)27)11-28-17(23)9-10-18-12-5-1-3-7-14(12)20(24)25/h1-8,18H,9-11H2,(H,19,22). The van der Waals surface area contributed by atoms with Crippen molar-refractivity contribution in [1.29, 1.82) is 0 Å². The van der Waals surface area contributed by atoms with Crippen molar-refractivity contribution in [3.63, 3.8) is 0 Å². The first-order valence-electron chi connectivity index (χ1n) is 8.04. The Morgan fingerprint density at radius 2 is 1.43 bits per heavy atom. The lowest BCUT2D eigenvalue weighted by atomic mass is 10.2. The summed E-state index contributed by atoms with van der Waals surface area (Å²) in [6, 6.07) is 11.5. The zero-order valence-electron chi connectivity index (χ0n) is 14.5. The molecule has 2 N–H and O–H groups in total. The Bertz CT molecular complexity index is 901. The minimum Gasteiger partial charge on any atom is -0.456 e. The Labute approximate surface area is 158 Å². The van der Waals surface area contributed by atoms with Gasteiger partial charge in [0, 0.05) is 18.7 Å². The number of nitro groups is 2. The van der Waals surface area contributed by atoms with Gasteiger partial charge in [-0.2, -0.15) is 0 Å². The van der Waals surface area contributed by atoms with Crippen molar-refractivity contribution in [2.24, 2.45) is 0 Å². The summed E-state index contributed by atoms with van der Waals surface area (Å²) in [7, 11) is 0. The second kappa shape index (κ2) is 9.62. The molecule has 0 spiro atoms. The van der Waals surface area contributed by atoms with Crippen LogP contribution in [0.3, 0.4) is 0 Å². The van der Waals surface area contributed by atoms with Crippen LogP contribution in [0, 0.1) is 20.2 Å². The molecule has 0 atom stereocenters. The van der Waals surface area contributed by atoms with Crippen LogP contribution in [0.25, 0.3) is 0 Å². The Kier molecular flexibility index (Phi) is 6.97. The van der Waals surface area contributed by atoms with Crippen LogP contribution in [-0.2, 0) is 14.3 Å². The summed E-state index contributed by atoms with van der Waals surface area (Å²) < 4.78 is 4.80. The van der Waals surface area contributed by atoms with E-state index in [9.17, 15) is 29.8 Å². The van der Waals surface area contributed by atoms with Crippen LogP contribution in [0.1, 0.15) is 6.42 Å². The molecule has 0 bridgehead atoms. The summed E-state index contributed by atoms with van der Waals surface area (Å²) in [6.45, 7) is -0.550. The molecule has 2 aromatic rings. The molecule has 0 heterocycles. The summed E-state index contributed by atoms with van der Waals surface area (Å²) in [6.07, 6.45) is -0.134. The van der Waals surface area contributed by atoms with E-state index in [4.69, 9.17) is 4.74 Å². The third-order valence-corrected chi connectivity index (χ3v) is 3.48. The van der Waals surface area contributed by atoms with Gasteiger partial charge in [-0.15, -0.1) is 0 Å². The molecule has 0 aliphatic rings. The highest BCUT2D eigenvalue weighted by Gasteiger charge is 2.16. The van der Waals surface area contributed by atoms with Crippen LogP contribution in [0.5, 0.6) is 0 Å². The van der Waals surface area contributed by atoms with E-state index in [1.807, 2.05) is 0 Å². The number of nitro benzene ring substituents is 2. The van der Waals surface area contributed by atoms with Crippen molar-refractivity contribution >= 4 is 34.6 Å². The fourth-order valence-electron chi connectivity index (χ4n) is 2.22. The predicted molar refractivity (Wildman–Crippen MR) is 98.9 cm³/mol. The zero-order chi connectivity index (χ0) is 20.5. The van der Waals surface area contributed by atoms with Crippen molar-refractivity contribution in [2.45, 2.75) is 6.42 Å². The molecule has 11 nitrogen and oxygen atoms in total. The van der Waals surface area contributed by atoms with Gasteiger partial charge in [0.1, 0.15) is 11.4 Å². The van der Waals surface area contributed by atoms with Crippen molar-refractivity contribution < 1.29 is 24.2 Å². The first kappa shape index (κ1) is 20.3. The molecule has 11 heteroatoms. The van der Waals surface area contributed by atoms with Crippen molar-refractivity contribution in [3.05, 3.63) is 68.8 Å². The first-order chi connectivity index (χ1) is 13.4. The highest BCUT2D eigenvalue weighted by molar-refractivity contribution is 5.94. The van der Waals surface area contributed by atoms with Gasteiger partial charge in [-0.05, 0) is 12.1 Å². The van der Waals surface area contributed by atoms with Gasteiger partial charge in [0.15, 0.2) is 6.61 Å². The third kappa shape index (κ3) is 5.76. The van der Waals surface area contributed by atoms with Crippen LogP contribution in [0.15, 0.2) is 48.5 Å². The van der Waals surface area contributed by atoms with Crippen LogP contribution in [0.4, 0.5) is 22.7 Å². The number of benzene rings is 2. The van der Waals surface area contributed by atoms with Gasteiger partial charge >= 0.3 is 5.97 Å². The molecule has 146 valence electrons. The fraction of sp³-hybridized carbons (Fsp3) is 0.176. The first-order valence-corrected chi connectivity index (χ1v) is 8.04. The third-order valence-electron chi connectivity index (χ3n) is 3.48. The number of rotatable bonds is 9. The number of anilines is 2. The lowest BCUT2D eigenvalue weighted by Gasteiger charge is -2.08. The average molecular weight is 388 g/mol. The Morgan fingerprint density at radius 3 is 2.04 bits per heavy atom. The number of amides is 1. The van der Waals surface area contributed by atoms with Crippen LogP contribution in [-0.4, -0.2) is 34.9 Å². The molecule has 2 rings (SSSR count). The van der Waals surface area contributed by atoms with Crippen LogP contribution >= 0.6 is 0 Å². The maximum Gasteiger partial charge on any atom is 0.308 e. The molecule has 0 aliphatic heterocycles. The summed E-state index contributed by atoms with van der Waals surface area (Å²) >= 11 is 0. The number of ether oxygens (including phenoxy) is 1. The topological polar surface area (TPSA) is 154 Å². The maximum absolute atomic E-state index is 11.8. The van der Waals surface area contributed by atoms with E-state index in [0.717, 1.165) is 0 Å². The molecule has 1 amide bonds. The molecule has 0 aliphatic carbocycles. The second-order valence-electron chi connectivity index (χ2n) is 5.43. The molecule has 0 fully saturated rings. The lowest BCUT2D eigenvalue weighted by Crippen LogP contribution is -2.22. The smallest absolute Gasteiger partial charge is 0.308 e. The normalized spacial score (nSPS) is 10.0. The molecule has 2 aromatic carbocycles. The van der Waals surface area contributed by atoms with Crippen LogP contribution < -0.4 is 10.6 Å². The monoisotopic (exact) mass is 388 g/mol. The molecule has 0 radical (unpaired) electrons. The Balaban J connectivity index is 1.78. The van der Waals surface area contributed by atoms with E-state index in [1.165, 1.54) is 42.5 Å². The maximum atomic E-state index is 11.8. The summed E-state index contributed by atoms with van der Waals surface area (Å²) in [5.41, 5.74) is -0.156. The van der Waals surface area contributed by atoms with Crippen molar-refractivity contribution in [2.75, 3.05) is 23.8 Å². The van der Waals surface area contributed by atoms with Gasteiger partial charge in [0.2, 0.25) is 0 Å². The van der Waals surface area contributed by atoms with Gasteiger partial charge in [0.05, 0.1) is 16.3 Å².